The normalized spacial score (nSPS) is 12.7. The molecule has 1 amide bonds. The summed E-state index contributed by atoms with van der Waals surface area (Å²) in [5.74, 6) is 0.475. The van der Waals surface area contributed by atoms with E-state index in [4.69, 9.17) is 0 Å². The number of aryl methyl sites for hydroxylation is 1. The fraction of sp³-hybridized carbons (Fsp3) is 0.389. The Morgan fingerprint density at radius 3 is 2.54 bits per heavy atom. The second-order valence-electron chi connectivity index (χ2n) is 6.04. The Morgan fingerprint density at radius 1 is 1.27 bits per heavy atom. The van der Waals surface area contributed by atoms with Crippen LogP contribution >= 0.6 is 23.1 Å². The molecule has 1 N–H and O–H groups in total. The smallest absolute Gasteiger partial charge is 0.241 e. The number of hydrogen-bond acceptors (Lipinski definition) is 5. The van der Waals surface area contributed by atoms with Gasteiger partial charge in [0.05, 0.1) is 11.4 Å². The van der Waals surface area contributed by atoms with Crippen LogP contribution in [0.2, 0.25) is 0 Å². The molecule has 8 heteroatoms. The molecular formula is C18H24N2O3S3. The summed E-state index contributed by atoms with van der Waals surface area (Å²) in [5.41, 5.74) is 0.981. The highest BCUT2D eigenvalue weighted by molar-refractivity contribution is 7.98. The van der Waals surface area contributed by atoms with Gasteiger partial charge in [-0.15, -0.1) is 11.3 Å². The number of rotatable bonds is 9. The minimum atomic E-state index is -3.75. The molecule has 0 radical (unpaired) electrons. The van der Waals surface area contributed by atoms with Crippen LogP contribution in [0.5, 0.6) is 0 Å². The van der Waals surface area contributed by atoms with Crippen molar-refractivity contribution in [1.29, 1.82) is 0 Å². The van der Waals surface area contributed by atoms with Crippen LogP contribution in [0.25, 0.3) is 0 Å². The van der Waals surface area contributed by atoms with Gasteiger partial charge < -0.3 is 4.90 Å². The number of hydrogen-bond donors (Lipinski definition) is 1. The molecule has 0 saturated heterocycles. The summed E-state index contributed by atoms with van der Waals surface area (Å²) in [6, 6.07) is 9.73. The molecule has 2 aromatic rings. The molecule has 1 heterocycles. The van der Waals surface area contributed by atoms with Crippen molar-refractivity contribution < 1.29 is 13.2 Å². The molecule has 0 fully saturated rings. The largest absolute Gasteiger partial charge is 0.339 e. The molecule has 0 spiro atoms. The summed E-state index contributed by atoms with van der Waals surface area (Å²) in [4.78, 5) is 15.6. The zero-order chi connectivity index (χ0) is 19.2. The molecule has 1 aromatic carbocycles. The highest BCUT2D eigenvalue weighted by Gasteiger charge is 2.27. The molecule has 0 saturated carbocycles. The van der Waals surface area contributed by atoms with Crippen LogP contribution in [-0.4, -0.2) is 44.3 Å². The Labute approximate surface area is 163 Å². The van der Waals surface area contributed by atoms with E-state index in [1.807, 2.05) is 30.7 Å². The van der Waals surface area contributed by atoms with Gasteiger partial charge in [-0.3, -0.25) is 4.79 Å². The maximum atomic E-state index is 12.8. The number of benzene rings is 1. The third-order valence-electron chi connectivity index (χ3n) is 3.89. The van der Waals surface area contributed by atoms with Gasteiger partial charge in [0.25, 0.3) is 0 Å². The maximum Gasteiger partial charge on any atom is 0.241 e. The predicted octanol–water partition coefficient (Wildman–Crippen LogP) is 3.12. The second kappa shape index (κ2) is 9.55. The van der Waals surface area contributed by atoms with E-state index in [0.29, 0.717) is 18.7 Å². The lowest BCUT2D eigenvalue weighted by atomic mass is 10.2. The summed E-state index contributed by atoms with van der Waals surface area (Å²) in [6.07, 6.45) is 2.38. The van der Waals surface area contributed by atoms with Gasteiger partial charge in [-0.2, -0.15) is 16.5 Å². The number of carbonyl (C=O) groups excluding carboxylic acids is 1. The summed E-state index contributed by atoms with van der Waals surface area (Å²) in [6.45, 7) is 2.37. The van der Waals surface area contributed by atoms with E-state index in [2.05, 4.69) is 4.72 Å². The zero-order valence-electron chi connectivity index (χ0n) is 15.1. The number of sulfonamides is 1. The highest BCUT2D eigenvalue weighted by Crippen LogP contribution is 2.15. The van der Waals surface area contributed by atoms with Crippen molar-refractivity contribution in [3.63, 3.8) is 0 Å². The van der Waals surface area contributed by atoms with Crippen molar-refractivity contribution in [2.45, 2.75) is 30.8 Å². The first-order valence-electron chi connectivity index (χ1n) is 8.19. The lowest BCUT2D eigenvalue weighted by Gasteiger charge is -2.24. The Hall–Kier alpha value is -1.35. The molecule has 1 unspecified atom stereocenters. The molecule has 142 valence electrons. The topological polar surface area (TPSA) is 66.5 Å². The lowest BCUT2D eigenvalue weighted by Crippen LogP contribution is -2.47. The standard InChI is InChI=1S/C18H24N2O3S3/c1-14-6-8-16(9-7-14)26(22,23)19-17(10-12-24-3)18(21)20(2)13-15-5-4-11-25-15/h4-9,11,17,19H,10,12-13H2,1-3H3. The number of thiophene rings is 1. The zero-order valence-corrected chi connectivity index (χ0v) is 17.6. The van der Waals surface area contributed by atoms with Gasteiger partial charge in [0.1, 0.15) is 6.04 Å². The molecule has 0 bridgehead atoms. The molecule has 26 heavy (non-hydrogen) atoms. The third-order valence-corrected chi connectivity index (χ3v) is 6.88. The van der Waals surface area contributed by atoms with Crippen LogP contribution in [0.1, 0.15) is 16.9 Å². The Kier molecular flexibility index (Phi) is 7.69. The average Bonchev–Trinajstić information content (AvgIpc) is 3.11. The van der Waals surface area contributed by atoms with Crippen LogP contribution in [0.3, 0.4) is 0 Å². The van der Waals surface area contributed by atoms with E-state index in [9.17, 15) is 13.2 Å². The lowest BCUT2D eigenvalue weighted by molar-refractivity contribution is -0.132. The van der Waals surface area contributed by atoms with Gasteiger partial charge in [-0.25, -0.2) is 8.42 Å². The van der Waals surface area contributed by atoms with Gasteiger partial charge in [0, 0.05) is 11.9 Å². The van der Waals surface area contributed by atoms with Crippen molar-refractivity contribution in [3.8, 4) is 0 Å². The first-order chi connectivity index (χ1) is 12.3. The third kappa shape index (κ3) is 5.84. The number of nitrogens with zero attached hydrogens (tertiary/aromatic N) is 1. The molecule has 2 rings (SSSR count). The number of amides is 1. The summed E-state index contributed by atoms with van der Waals surface area (Å²) < 4.78 is 27.9. The number of nitrogens with one attached hydrogen (secondary N) is 1. The van der Waals surface area contributed by atoms with Crippen molar-refractivity contribution in [2.75, 3.05) is 19.1 Å². The van der Waals surface area contributed by atoms with Gasteiger partial charge in [0.2, 0.25) is 15.9 Å². The fourth-order valence-electron chi connectivity index (χ4n) is 2.42. The van der Waals surface area contributed by atoms with E-state index >= 15 is 0 Å². The SMILES string of the molecule is CSCCC(NS(=O)(=O)c1ccc(C)cc1)C(=O)N(C)Cc1cccs1. The quantitative estimate of drug-likeness (QED) is 0.687. The number of carbonyl (C=O) groups is 1. The molecule has 0 aliphatic heterocycles. The Bertz CT molecular complexity index is 803. The van der Waals surface area contributed by atoms with E-state index < -0.39 is 16.1 Å². The van der Waals surface area contributed by atoms with E-state index in [1.165, 1.54) is 0 Å². The Balaban J connectivity index is 2.14. The molecule has 1 aromatic heterocycles. The fourth-order valence-corrected chi connectivity index (χ4v) is 4.87. The van der Waals surface area contributed by atoms with E-state index in [-0.39, 0.29) is 10.8 Å². The first-order valence-corrected chi connectivity index (χ1v) is 11.9. The molecule has 1 atom stereocenters. The van der Waals surface area contributed by atoms with Crippen molar-refractivity contribution >= 4 is 39.0 Å². The van der Waals surface area contributed by atoms with Crippen LogP contribution in [-0.2, 0) is 21.4 Å². The van der Waals surface area contributed by atoms with E-state index in [1.54, 1.807) is 59.3 Å². The summed E-state index contributed by atoms with van der Waals surface area (Å²) >= 11 is 3.16. The van der Waals surface area contributed by atoms with Crippen molar-refractivity contribution in [3.05, 3.63) is 52.2 Å². The molecular weight excluding hydrogens is 388 g/mol. The summed E-state index contributed by atoms with van der Waals surface area (Å²) in [7, 11) is -2.05. The molecule has 5 nitrogen and oxygen atoms in total. The van der Waals surface area contributed by atoms with Gasteiger partial charge in [-0.1, -0.05) is 23.8 Å². The monoisotopic (exact) mass is 412 g/mol. The predicted molar refractivity (Wildman–Crippen MR) is 109 cm³/mol. The number of likely N-dealkylation sites (N-methyl/N-ethyl adjacent to an activating group) is 1. The minimum Gasteiger partial charge on any atom is -0.339 e. The van der Waals surface area contributed by atoms with E-state index in [0.717, 1.165) is 10.4 Å². The van der Waals surface area contributed by atoms with Gasteiger partial charge in [-0.05, 0) is 48.9 Å². The second-order valence-corrected chi connectivity index (χ2v) is 9.77. The maximum absolute atomic E-state index is 12.8. The minimum absolute atomic E-state index is 0.172. The molecule has 0 aliphatic rings. The highest BCUT2D eigenvalue weighted by atomic mass is 32.2. The van der Waals surface area contributed by atoms with Crippen LogP contribution < -0.4 is 4.72 Å². The van der Waals surface area contributed by atoms with Crippen molar-refractivity contribution in [1.82, 2.24) is 9.62 Å². The average molecular weight is 413 g/mol. The van der Waals surface area contributed by atoms with Gasteiger partial charge in [0.15, 0.2) is 0 Å². The van der Waals surface area contributed by atoms with Crippen LogP contribution in [0.4, 0.5) is 0 Å². The molecule has 0 aliphatic carbocycles. The Morgan fingerprint density at radius 2 is 1.96 bits per heavy atom. The van der Waals surface area contributed by atoms with Crippen molar-refractivity contribution in [2.24, 2.45) is 0 Å². The van der Waals surface area contributed by atoms with Crippen LogP contribution in [0, 0.1) is 6.92 Å². The number of thioether (sulfide) groups is 1. The van der Waals surface area contributed by atoms with Gasteiger partial charge >= 0.3 is 0 Å². The van der Waals surface area contributed by atoms with Crippen LogP contribution in [0.15, 0.2) is 46.7 Å². The summed E-state index contributed by atoms with van der Waals surface area (Å²) in [5, 5.41) is 1.96. The first kappa shape index (κ1) is 21.0.